The summed E-state index contributed by atoms with van der Waals surface area (Å²) in [4.78, 5) is 34.6. The van der Waals surface area contributed by atoms with Crippen LogP contribution in [0.15, 0.2) is 0 Å². The third kappa shape index (κ3) is 5.36. The molecule has 4 N–H and O–H groups in total. The van der Waals surface area contributed by atoms with Crippen molar-refractivity contribution >= 4 is 17.8 Å². The molecule has 0 saturated heterocycles. The van der Waals surface area contributed by atoms with Crippen molar-refractivity contribution in [2.45, 2.75) is 64.8 Å². The molecule has 1 fully saturated rings. The maximum absolute atomic E-state index is 12.2. The average molecular weight is 298 g/mol. The minimum atomic E-state index is -0.875. The van der Waals surface area contributed by atoms with Crippen LogP contribution in [0.5, 0.6) is 0 Å². The molecule has 1 aliphatic carbocycles. The number of hydrogen-bond acceptors (Lipinski definition) is 3. The van der Waals surface area contributed by atoms with E-state index in [4.69, 9.17) is 10.8 Å². The Hall–Kier alpha value is -1.59. The lowest BCUT2D eigenvalue weighted by atomic mass is 9.69. The van der Waals surface area contributed by atoms with Gasteiger partial charge in [-0.1, -0.05) is 33.1 Å². The quantitative estimate of drug-likeness (QED) is 0.660. The Morgan fingerprint density at radius 1 is 1.14 bits per heavy atom. The Balaban J connectivity index is 2.71. The molecule has 1 aliphatic rings. The number of carboxylic acids is 1. The molecule has 0 heterocycles. The molecule has 0 spiro atoms. The molecule has 2 amide bonds. The van der Waals surface area contributed by atoms with Crippen molar-refractivity contribution in [1.29, 1.82) is 0 Å². The van der Waals surface area contributed by atoms with Crippen molar-refractivity contribution in [2.75, 3.05) is 0 Å². The molecule has 1 atom stereocenters. The number of primary amides is 1. The van der Waals surface area contributed by atoms with Crippen LogP contribution in [0.1, 0.15) is 58.8 Å². The summed E-state index contributed by atoms with van der Waals surface area (Å²) in [7, 11) is 0. The van der Waals surface area contributed by atoms with Crippen LogP contribution in [0.2, 0.25) is 0 Å². The first-order chi connectivity index (χ1) is 9.76. The molecule has 120 valence electrons. The second-order valence-electron chi connectivity index (χ2n) is 6.50. The number of rotatable bonds is 7. The van der Waals surface area contributed by atoms with Gasteiger partial charge in [-0.05, 0) is 24.2 Å². The van der Waals surface area contributed by atoms with Gasteiger partial charge in [0.1, 0.15) is 6.04 Å². The number of amides is 2. The highest BCUT2D eigenvalue weighted by atomic mass is 16.4. The summed E-state index contributed by atoms with van der Waals surface area (Å²) >= 11 is 0. The zero-order chi connectivity index (χ0) is 16.0. The largest absolute Gasteiger partial charge is 0.481 e. The van der Waals surface area contributed by atoms with E-state index in [0.717, 1.165) is 32.1 Å². The van der Waals surface area contributed by atoms with Gasteiger partial charge in [0.2, 0.25) is 11.8 Å². The molecule has 1 saturated carbocycles. The van der Waals surface area contributed by atoms with Crippen LogP contribution in [0.25, 0.3) is 0 Å². The molecule has 6 nitrogen and oxygen atoms in total. The van der Waals surface area contributed by atoms with Crippen molar-refractivity contribution < 1.29 is 19.5 Å². The summed E-state index contributed by atoms with van der Waals surface area (Å²) in [6, 6.07) is -0.706. The van der Waals surface area contributed by atoms with Gasteiger partial charge in [0.15, 0.2) is 0 Å². The van der Waals surface area contributed by atoms with E-state index in [9.17, 15) is 14.4 Å². The maximum Gasteiger partial charge on any atom is 0.303 e. The Morgan fingerprint density at radius 2 is 1.71 bits per heavy atom. The van der Waals surface area contributed by atoms with Crippen molar-refractivity contribution in [2.24, 2.45) is 17.1 Å². The van der Waals surface area contributed by atoms with Crippen LogP contribution in [-0.2, 0) is 14.4 Å². The second-order valence-corrected chi connectivity index (χ2v) is 6.50. The van der Waals surface area contributed by atoms with Crippen LogP contribution < -0.4 is 11.1 Å². The van der Waals surface area contributed by atoms with E-state index in [1.54, 1.807) is 0 Å². The molecular formula is C15H26N2O4. The first-order valence-electron chi connectivity index (χ1n) is 7.56. The number of nitrogens with one attached hydrogen (secondary N) is 1. The van der Waals surface area contributed by atoms with Crippen molar-refractivity contribution in [3.8, 4) is 0 Å². The fourth-order valence-corrected chi connectivity index (χ4v) is 3.17. The van der Waals surface area contributed by atoms with E-state index < -0.39 is 23.3 Å². The van der Waals surface area contributed by atoms with Crippen molar-refractivity contribution in [3.63, 3.8) is 0 Å². The SMILES string of the molecule is CC(C)C(NC(=O)CC1(CC(=O)O)CCCCC1)C(N)=O. The third-order valence-corrected chi connectivity index (χ3v) is 4.27. The highest BCUT2D eigenvalue weighted by Gasteiger charge is 2.37. The Labute approximate surface area is 125 Å². The van der Waals surface area contributed by atoms with E-state index in [1.165, 1.54) is 0 Å². The topological polar surface area (TPSA) is 109 Å². The van der Waals surface area contributed by atoms with E-state index in [1.807, 2.05) is 13.8 Å². The molecule has 0 radical (unpaired) electrons. The zero-order valence-electron chi connectivity index (χ0n) is 12.9. The normalized spacial score (nSPS) is 19.0. The molecule has 0 bridgehead atoms. The van der Waals surface area contributed by atoms with Crippen LogP contribution in [0.4, 0.5) is 0 Å². The Bertz CT molecular complexity index is 400. The van der Waals surface area contributed by atoms with Gasteiger partial charge in [-0.15, -0.1) is 0 Å². The molecule has 21 heavy (non-hydrogen) atoms. The van der Waals surface area contributed by atoms with Crippen LogP contribution in [-0.4, -0.2) is 28.9 Å². The molecule has 1 unspecified atom stereocenters. The van der Waals surface area contributed by atoms with Crippen molar-refractivity contribution in [3.05, 3.63) is 0 Å². The summed E-state index contributed by atoms with van der Waals surface area (Å²) in [5.41, 5.74) is 4.81. The van der Waals surface area contributed by atoms with E-state index in [0.29, 0.717) is 0 Å². The Kier molecular flexibility index (Phi) is 6.18. The minimum Gasteiger partial charge on any atom is -0.481 e. The van der Waals surface area contributed by atoms with Crippen molar-refractivity contribution in [1.82, 2.24) is 5.32 Å². The van der Waals surface area contributed by atoms with Gasteiger partial charge < -0.3 is 16.2 Å². The molecule has 0 aromatic heterocycles. The number of hydrogen-bond donors (Lipinski definition) is 3. The predicted molar refractivity (Wildman–Crippen MR) is 78.4 cm³/mol. The minimum absolute atomic E-state index is 0.00331. The lowest BCUT2D eigenvalue weighted by Crippen LogP contribution is -2.49. The van der Waals surface area contributed by atoms with Gasteiger partial charge in [0.05, 0.1) is 6.42 Å². The van der Waals surface area contributed by atoms with Gasteiger partial charge >= 0.3 is 5.97 Å². The van der Waals surface area contributed by atoms with Gasteiger partial charge in [-0.25, -0.2) is 0 Å². The molecule has 0 aromatic rings. The number of aliphatic carboxylic acids is 1. The molecule has 1 rings (SSSR count). The summed E-state index contributed by atoms with van der Waals surface area (Å²) in [5.74, 6) is -1.81. The number of carboxylic acid groups (broad SMARTS) is 1. The summed E-state index contributed by atoms with van der Waals surface area (Å²) in [6.07, 6.45) is 4.62. The van der Waals surface area contributed by atoms with Crippen LogP contribution in [0.3, 0.4) is 0 Å². The standard InChI is InChI=1S/C15H26N2O4/c1-10(2)13(14(16)21)17-11(18)8-15(9-12(19)20)6-4-3-5-7-15/h10,13H,3-9H2,1-2H3,(H2,16,21)(H,17,18)(H,19,20). The molecule has 0 aromatic carbocycles. The fourth-order valence-electron chi connectivity index (χ4n) is 3.17. The van der Waals surface area contributed by atoms with E-state index >= 15 is 0 Å². The Morgan fingerprint density at radius 3 is 2.14 bits per heavy atom. The fraction of sp³-hybridized carbons (Fsp3) is 0.800. The highest BCUT2D eigenvalue weighted by Crippen LogP contribution is 2.42. The van der Waals surface area contributed by atoms with E-state index in [-0.39, 0.29) is 24.7 Å². The van der Waals surface area contributed by atoms with Gasteiger partial charge in [0.25, 0.3) is 0 Å². The summed E-state index contributed by atoms with van der Waals surface area (Å²) < 4.78 is 0. The first-order valence-corrected chi connectivity index (χ1v) is 7.56. The molecule has 0 aliphatic heterocycles. The summed E-state index contributed by atoms with van der Waals surface area (Å²) in [6.45, 7) is 3.62. The number of nitrogens with two attached hydrogens (primary N) is 1. The highest BCUT2D eigenvalue weighted by molar-refractivity contribution is 5.87. The third-order valence-electron chi connectivity index (χ3n) is 4.27. The molecule has 6 heteroatoms. The lowest BCUT2D eigenvalue weighted by Gasteiger charge is -2.36. The monoisotopic (exact) mass is 298 g/mol. The first kappa shape index (κ1) is 17.5. The molecular weight excluding hydrogens is 272 g/mol. The number of carbonyl (C=O) groups is 3. The van der Waals surface area contributed by atoms with Gasteiger partial charge in [-0.3, -0.25) is 14.4 Å². The van der Waals surface area contributed by atoms with Gasteiger partial charge in [0, 0.05) is 6.42 Å². The lowest BCUT2D eigenvalue weighted by molar-refractivity contribution is -0.141. The summed E-state index contributed by atoms with van der Waals surface area (Å²) in [5, 5.41) is 11.8. The maximum atomic E-state index is 12.2. The van der Waals surface area contributed by atoms with Crippen LogP contribution >= 0.6 is 0 Å². The smallest absolute Gasteiger partial charge is 0.303 e. The van der Waals surface area contributed by atoms with E-state index in [2.05, 4.69) is 5.32 Å². The zero-order valence-corrected chi connectivity index (χ0v) is 12.9. The van der Waals surface area contributed by atoms with Crippen LogP contribution in [0, 0.1) is 11.3 Å². The second kappa shape index (κ2) is 7.43. The average Bonchev–Trinajstić information content (AvgIpc) is 2.35. The number of carbonyl (C=O) groups excluding carboxylic acids is 2. The van der Waals surface area contributed by atoms with Gasteiger partial charge in [-0.2, -0.15) is 0 Å². The predicted octanol–water partition coefficient (Wildman–Crippen LogP) is 1.43.